The Kier molecular flexibility index (Phi) is 6.38. The van der Waals surface area contributed by atoms with Crippen molar-refractivity contribution in [3.63, 3.8) is 0 Å². The van der Waals surface area contributed by atoms with Gasteiger partial charge in [-0.1, -0.05) is 13.0 Å². The molecule has 0 radical (unpaired) electrons. The number of halogens is 1. The fourth-order valence-corrected chi connectivity index (χ4v) is 2.97. The van der Waals surface area contributed by atoms with Crippen LogP contribution in [0.15, 0.2) is 29.3 Å². The number of hydrogen-bond donors (Lipinski definition) is 1. The molecule has 1 saturated carbocycles. The van der Waals surface area contributed by atoms with Crippen molar-refractivity contribution in [3.05, 3.63) is 24.3 Å². The lowest BCUT2D eigenvalue weighted by Gasteiger charge is -2.37. The van der Waals surface area contributed by atoms with Gasteiger partial charge in [0, 0.05) is 51.0 Å². The first-order chi connectivity index (χ1) is 10.7. The maximum atomic E-state index is 5.32. The number of nitrogens with one attached hydrogen (secondary N) is 1. The number of nitrogens with zero attached hydrogens (tertiary/aromatic N) is 3. The van der Waals surface area contributed by atoms with Crippen molar-refractivity contribution >= 4 is 35.6 Å². The van der Waals surface area contributed by atoms with E-state index >= 15 is 0 Å². The van der Waals surface area contributed by atoms with E-state index in [0.29, 0.717) is 6.04 Å². The normalized spacial score (nSPS) is 24.0. The van der Waals surface area contributed by atoms with Gasteiger partial charge < -0.3 is 19.9 Å². The lowest BCUT2D eigenvalue weighted by molar-refractivity contribution is 0.371. The Morgan fingerprint density at radius 3 is 2.52 bits per heavy atom. The fraction of sp³-hybridized carbons (Fsp3) is 0.588. The summed E-state index contributed by atoms with van der Waals surface area (Å²) in [7, 11) is 3.59. The summed E-state index contributed by atoms with van der Waals surface area (Å²) in [5.74, 6) is 2.76. The summed E-state index contributed by atoms with van der Waals surface area (Å²) < 4.78 is 5.32. The van der Waals surface area contributed by atoms with Crippen molar-refractivity contribution in [1.82, 2.24) is 10.2 Å². The first kappa shape index (κ1) is 18.2. The molecule has 3 rings (SSSR count). The average molecular weight is 430 g/mol. The molecular formula is C17H27IN4O. The molecule has 23 heavy (non-hydrogen) atoms. The number of hydrogen-bond acceptors (Lipinski definition) is 3. The van der Waals surface area contributed by atoms with Crippen LogP contribution >= 0.6 is 24.0 Å². The molecule has 1 aromatic rings. The Balaban J connectivity index is 0.00000192. The zero-order valence-electron chi connectivity index (χ0n) is 14.2. The fourth-order valence-electron chi connectivity index (χ4n) is 2.97. The summed E-state index contributed by atoms with van der Waals surface area (Å²) in [5, 5.41) is 3.57. The second-order valence-corrected chi connectivity index (χ2v) is 6.19. The second-order valence-electron chi connectivity index (χ2n) is 6.19. The van der Waals surface area contributed by atoms with Gasteiger partial charge >= 0.3 is 0 Å². The third-order valence-electron chi connectivity index (χ3n) is 4.63. The van der Waals surface area contributed by atoms with Gasteiger partial charge in [0.25, 0.3) is 0 Å². The summed E-state index contributed by atoms with van der Waals surface area (Å²) in [5.41, 5.74) is 1.23. The Labute approximate surface area is 156 Å². The minimum Gasteiger partial charge on any atom is -0.497 e. The van der Waals surface area contributed by atoms with Gasteiger partial charge in [0.05, 0.1) is 7.11 Å². The van der Waals surface area contributed by atoms with Crippen LogP contribution in [0.4, 0.5) is 5.69 Å². The zero-order valence-corrected chi connectivity index (χ0v) is 16.5. The van der Waals surface area contributed by atoms with E-state index in [0.717, 1.165) is 43.8 Å². The van der Waals surface area contributed by atoms with Gasteiger partial charge in [-0.25, -0.2) is 0 Å². The minimum absolute atomic E-state index is 0. The van der Waals surface area contributed by atoms with E-state index in [-0.39, 0.29) is 24.0 Å². The summed E-state index contributed by atoms with van der Waals surface area (Å²) >= 11 is 0. The summed E-state index contributed by atoms with van der Waals surface area (Å²) in [6, 6.07) is 8.92. The summed E-state index contributed by atoms with van der Waals surface area (Å²) in [6.45, 7) is 6.30. The number of piperazine rings is 1. The molecule has 1 saturated heterocycles. The largest absolute Gasteiger partial charge is 0.497 e. The Morgan fingerprint density at radius 2 is 1.96 bits per heavy atom. The van der Waals surface area contributed by atoms with Crippen LogP contribution in [0.2, 0.25) is 0 Å². The van der Waals surface area contributed by atoms with Crippen LogP contribution in [0, 0.1) is 5.92 Å². The molecule has 0 spiro atoms. The predicted octanol–water partition coefficient (Wildman–Crippen LogP) is 2.42. The second kappa shape index (κ2) is 8.08. The van der Waals surface area contributed by atoms with Crippen LogP contribution < -0.4 is 15.0 Å². The van der Waals surface area contributed by atoms with E-state index in [9.17, 15) is 0 Å². The van der Waals surface area contributed by atoms with Crippen molar-refractivity contribution in [1.29, 1.82) is 0 Å². The number of benzene rings is 1. The maximum absolute atomic E-state index is 5.32. The smallest absolute Gasteiger partial charge is 0.193 e. The lowest BCUT2D eigenvalue weighted by Crippen LogP contribution is -2.53. The van der Waals surface area contributed by atoms with Crippen LogP contribution in [0.3, 0.4) is 0 Å². The van der Waals surface area contributed by atoms with Gasteiger partial charge in [-0.15, -0.1) is 24.0 Å². The Hall–Kier alpha value is -1.18. The molecule has 1 heterocycles. The SMILES string of the molecule is CN=C(NC1CC1C)N1CCN(c2cccc(OC)c2)CC1.I. The van der Waals surface area contributed by atoms with Crippen LogP contribution in [-0.2, 0) is 0 Å². The van der Waals surface area contributed by atoms with Gasteiger partial charge in [-0.2, -0.15) is 0 Å². The highest BCUT2D eigenvalue weighted by Gasteiger charge is 2.34. The highest BCUT2D eigenvalue weighted by molar-refractivity contribution is 14.0. The number of aliphatic imine (C=N–C) groups is 1. The van der Waals surface area contributed by atoms with E-state index in [1.807, 2.05) is 13.1 Å². The third-order valence-corrected chi connectivity index (χ3v) is 4.63. The molecular weight excluding hydrogens is 403 g/mol. The number of rotatable bonds is 3. The van der Waals surface area contributed by atoms with Crippen molar-refractivity contribution < 1.29 is 4.74 Å². The van der Waals surface area contributed by atoms with Gasteiger partial charge in [-0.05, 0) is 24.5 Å². The zero-order chi connectivity index (χ0) is 15.5. The lowest BCUT2D eigenvalue weighted by atomic mass is 10.2. The standard InChI is InChI=1S/C17H26N4O.HI/c1-13-11-16(13)19-17(18-2)21-9-7-20(8-10-21)14-5-4-6-15(12-14)22-3;/h4-6,12-13,16H,7-11H2,1-3H3,(H,18,19);1H. The highest BCUT2D eigenvalue weighted by atomic mass is 127. The summed E-state index contributed by atoms with van der Waals surface area (Å²) in [6.07, 6.45) is 1.27. The molecule has 0 bridgehead atoms. The van der Waals surface area contributed by atoms with Crippen LogP contribution in [0.25, 0.3) is 0 Å². The van der Waals surface area contributed by atoms with E-state index < -0.39 is 0 Å². The molecule has 2 fully saturated rings. The molecule has 0 amide bonds. The quantitative estimate of drug-likeness (QED) is 0.455. The van der Waals surface area contributed by atoms with E-state index in [2.05, 4.69) is 45.2 Å². The first-order valence-corrected chi connectivity index (χ1v) is 8.08. The predicted molar refractivity (Wildman–Crippen MR) is 106 cm³/mol. The van der Waals surface area contributed by atoms with Gasteiger partial charge in [0.15, 0.2) is 5.96 Å². The van der Waals surface area contributed by atoms with Gasteiger partial charge in [-0.3, -0.25) is 4.99 Å². The molecule has 1 N–H and O–H groups in total. The minimum atomic E-state index is 0. The number of anilines is 1. The molecule has 0 aromatic heterocycles. The Morgan fingerprint density at radius 1 is 1.26 bits per heavy atom. The Bertz CT molecular complexity index is 543. The summed E-state index contributed by atoms with van der Waals surface area (Å²) in [4.78, 5) is 9.22. The van der Waals surface area contributed by atoms with Gasteiger partial charge in [0.2, 0.25) is 0 Å². The van der Waals surface area contributed by atoms with E-state index in [4.69, 9.17) is 4.74 Å². The first-order valence-electron chi connectivity index (χ1n) is 8.08. The number of ether oxygens (including phenoxy) is 1. The molecule has 5 nitrogen and oxygen atoms in total. The maximum Gasteiger partial charge on any atom is 0.193 e. The van der Waals surface area contributed by atoms with Crippen molar-refractivity contribution in [2.24, 2.45) is 10.9 Å². The topological polar surface area (TPSA) is 40.1 Å². The van der Waals surface area contributed by atoms with Gasteiger partial charge in [0.1, 0.15) is 5.75 Å². The monoisotopic (exact) mass is 430 g/mol. The molecule has 1 aromatic carbocycles. The van der Waals surface area contributed by atoms with Crippen molar-refractivity contribution in [3.8, 4) is 5.75 Å². The van der Waals surface area contributed by atoms with E-state index in [1.165, 1.54) is 12.1 Å². The number of guanidine groups is 1. The number of methoxy groups -OCH3 is 1. The molecule has 2 unspecified atom stereocenters. The molecule has 2 aliphatic rings. The van der Waals surface area contributed by atoms with Crippen LogP contribution in [-0.4, -0.2) is 57.2 Å². The van der Waals surface area contributed by atoms with Crippen molar-refractivity contribution in [2.45, 2.75) is 19.4 Å². The van der Waals surface area contributed by atoms with E-state index in [1.54, 1.807) is 7.11 Å². The molecule has 6 heteroatoms. The molecule has 1 aliphatic heterocycles. The average Bonchev–Trinajstić information content (AvgIpc) is 3.28. The van der Waals surface area contributed by atoms with Crippen molar-refractivity contribution in [2.75, 3.05) is 45.2 Å². The van der Waals surface area contributed by atoms with Crippen LogP contribution in [0.5, 0.6) is 5.75 Å². The highest BCUT2D eigenvalue weighted by Crippen LogP contribution is 2.29. The van der Waals surface area contributed by atoms with Crippen LogP contribution in [0.1, 0.15) is 13.3 Å². The molecule has 2 atom stereocenters. The molecule has 1 aliphatic carbocycles. The third kappa shape index (κ3) is 4.43. The molecule has 128 valence electrons.